The molecule has 0 unspecified atom stereocenters. The number of H-pyrrole nitrogens is 1. The third-order valence-corrected chi connectivity index (χ3v) is 5.51. The second kappa shape index (κ2) is 7.72. The Morgan fingerprint density at radius 3 is 2.66 bits per heavy atom. The fraction of sp³-hybridized carbons (Fsp3) is 0.227. The Bertz CT molecular complexity index is 1140. The third-order valence-electron chi connectivity index (χ3n) is 5.10. The van der Waals surface area contributed by atoms with Crippen LogP contribution in [0.4, 0.5) is 10.5 Å². The van der Waals surface area contributed by atoms with Gasteiger partial charge in [0.2, 0.25) is 0 Å². The van der Waals surface area contributed by atoms with Crippen LogP contribution >= 0.6 is 11.6 Å². The highest BCUT2D eigenvalue weighted by atomic mass is 35.5. The first-order valence-electron chi connectivity index (χ1n) is 9.42. The molecule has 1 aliphatic rings. The van der Waals surface area contributed by atoms with E-state index in [4.69, 9.17) is 11.6 Å². The minimum Gasteiger partial charge on any atom is -0.320 e. The topological polar surface area (TPSA) is 78.1 Å². The lowest BCUT2D eigenvalue weighted by molar-refractivity contribution is 0.205. The monoisotopic (exact) mass is 408 g/mol. The maximum absolute atomic E-state index is 12.7. The number of nitrogens with zero attached hydrogens (tertiary/aromatic N) is 2. The molecule has 0 saturated heterocycles. The smallest absolute Gasteiger partial charge is 0.320 e. The number of hydrogen-bond donors (Lipinski definition) is 2. The summed E-state index contributed by atoms with van der Waals surface area (Å²) >= 11 is 6.13. The highest BCUT2D eigenvalue weighted by Gasteiger charge is 2.25. The Morgan fingerprint density at radius 1 is 1.17 bits per heavy atom. The van der Waals surface area contributed by atoms with Crippen LogP contribution in [-0.2, 0) is 13.0 Å². The van der Waals surface area contributed by atoms with Crippen LogP contribution in [0.5, 0.6) is 0 Å². The number of nitrogens with one attached hydrogen (secondary N) is 2. The van der Waals surface area contributed by atoms with Crippen molar-refractivity contribution in [3.8, 4) is 11.4 Å². The first-order valence-corrected chi connectivity index (χ1v) is 9.79. The molecule has 1 aromatic heterocycles. The molecule has 148 valence electrons. The lowest BCUT2D eigenvalue weighted by Crippen LogP contribution is -2.41. The number of aryl methyl sites for hydroxylation is 2. The number of hydrogen-bond acceptors (Lipinski definition) is 3. The van der Waals surface area contributed by atoms with Crippen molar-refractivity contribution in [2.24, 2.45) is 0 Å². The molecule has 0 atom stereocenters. The molecule has 6 nitrogen and oxygen atoms in total. The first-order chi connectivity index (χ1) is 13.9. The van der Waals surface area contributed by atoms with E-state index in [1.807, 2.05) is 44.2 Å². The molecular formula is C22H21ClN4O2. The van der Waals surface area contributed by atoms with Gasteiger partial charge in [0.05, 0.1) is 17.8 Å². The van der Waals surface area contributed by atoms with Crippen LogP contribution in [0.3, 0.4) is 0 Å². The van der Waals surface area contributed by atoms with Crippen molar-refractivity contribution in [2.75, 3.05) is 11.9 Å². The van der Waals surface area contributed by atoms with E-state index in [1.165, 1.54) is 0 Å². The van der Waals surface area contributed by atoms with E-state index in [0.717, 1.165) is 22.4 Å². The quantitative estimate of drug-likeness (QED) is 0.663. The van der Waals surface area contributed by atoms with Gasteiger partial charge in [-0.2, -0.15) is 0 Å². The SMILES string of the molecule is Cc1ccc(-c2nc3c(c(=O)[nH]2)CN(C(=O)Nc2ccc(C)c(Cl)c2)CC3)cc1. The highest BCUT2D eigenvalue weighted by molar-refractivity contribution is 6.31. The van der Waals surface area contributed by atoms with Crippen LogP contribution in [-0.4, -0.2) is 27.4 Å². The van der Waals surface area contributed by atoms with Crippen molar-refractivity contribution < 1.29 is 4.79 Å². The molecule has 3 aromatic rings. The van der Waals surface area contributed by atoms with E-state index in [2.05, 4.69) is 15.3 Å². The third kappa shape index (κ3) is 4.03. The highest BCUT2D eigenvalue weighted by Crippen LogP contribution is 2.22. The molecule has 0 saturated carbocycles. The van der Waals surface area contributed by atoms with Crippen LogP contribution in [0.15, 0.2) is 47.3 Å². The lowest BCUT2D eigenvalue weighted by atomic mass is 10.1. The second-order valence-corrected chi connectivity index (χ2v) is 7.68. The fourth-order valence-electron chi connectivity index (χ4n) is 3.32. The summed E-state index contributed by atoms with van der Waals surface area (Å²) in [5, 5.41) is 3.44. The molecule has 2 amide bonds. The van der Waals surface area contributed by atoms with Gasteiger partial charge in [-0.25, -0.2) is 9.78 Å². The van der Waals surface area contributed by atoms with Crippen LogP contribution < -0.4 is 10.9 Å². The Balaban J connectivity index is 1.53. The number of carbonyl (C=O) groups excluding carboxylic acids is 1. The van der Waals surface area contributed by atoms with Gasteiger partial charge in [-0.3, -0.25) is 4.79 Å². The summed E-state index contributed by atoms with van der Waals surface area (Å²) in [5.41, 5.74) is 4.65. The van der Waals surface area contributed by atoms with Crippen LogP contribution in [0.25, 0.3) is 11.4 Å². The predicted octanol–water partition coefficient (Wildman–Crippen LogP) is 4.30. The number of aromatic amines is 1. The van der Waals surface area contributed by atoms with Crippen molar-refractivity contribution in [3.05, 3.63) is 80.2 Å². The summed E-state index contributed by atoms with van der Waals surface area (Å²) in [5.74, 6) is 0.556. The molecule has 7 heteroatoms. The van der Waals surface area contributed by atoms with E-state index in [-0.39, 0.29) is 18.1 Å². The molecule has 0 radical (unpaired) electrons. The largest absolute Gasteiger partial charge is 0.322 e. The van der Waals surface area contributed by atoms with Crippen molar-refractivity contribution in [3.63, 3.8) is 0 Å². The molecule has 1 aliphatic heterocycles. The molecule has 29 heavy (non-hydrogen) atoms. The standard InChI is InChI=1S/C22H21ClN4O2/c1-13-3-6-15(7-4-13)20-25-19-9-10-27(12-17(19)21(28)26-20)22(29)24-16-8-5-14(2)18(23)11-16/h3-8,11H,9-10,12H2,1-2H3,(H,24,29)(H,25,26,28). The number of anilines is 1. The maximum Gasteiger partial charge on any atom is 0.322 e. The van der Waals surface area contributed by atoms with Gasteiger partial charge in [-0.15, -0.1) is 0 Å². The number of aromatic nitrogens is 2. The molecule has 2 N–H and O–H groups in total. The Morgan fingerprint density at radius 2 is 1.93 bits per heavy atom. The first kappa shape index (κ1) is 19.2. The van der Waals surface area contributed by atoms with E-state index in [0.29, 0.717) is 35.1 Å². The van der Waals surface area contributed by atoms with Crippen molar-refractivity contribution in [2.45, 2.75) is 26.8 Å². The molecule has 0 bridgehead atoms. The zero-order valence-electron chi connectivity index (χ0n) is 16.3. The van der Waals surface area contributed by atoms with Gasteiger partial charge in [0.25, 0.3) is 5.56 Å². The van der Waals surface area contributed by atoms with E-state index in [9.17, 15) is 9.59 Å². The number of fused-ring (bicyclic) bond motifs is 1. The van der Waals surface area contributed by atoms with Gasteiger partial charge in [0.1, 0.15) is 5.82 Å². The number of rotatable bonds is 2. The number of carbonyl (C=O) groups is 1. The second-order valence-electron chi connectivity index (χ2n) is 7.27. The van der Waals surface area contributed by atoms with E-state index in [1.54, 1.807) is 17.0 Å². The Hall–Kier alpha value is -3.12. The molecular weight excluding hydrogens is 388 g/mol. The predicted molar refractivity (Wildman–Crippen MR) is 114 cm³/mol. The molecule has 0 spiro atoms. The number of urea groups is 1. The summed E-state index contributed by atoms with van der Waals surface area (Å²) in [6.45, 7) is 4.62. The van der Waals surface area contributed by atoms with Gasteiger partial charge in [-0.1, -0.05) is 47.5 Å². The van der Waals surface area contributed by atoms with Crippen LogP contribution in [0, 0.1) is 13.8 Å². The summed E-state index contributed by atoms with van der Waals surface area (Å²) in [7, 11) is 0. The average Bonchev–Trinajstić information content (AvgIpc) is 2.71. The van der Waals surface area contributed by atoms with Crippen LogP contribution in [0.2, 0.25) is 5.02 Å². The molecule has 0 fully saturated rings. The van der Waals surface area contributed by atoms with E-state index < -0.39 is 0 Å². The molecule has 2 aromatic carbocycles. The van der Waals surface area contributed by atoms with Gasteiger partial charge in [0, 0.05) is 29.2 Å². The summed E-state index contributed by atoms with van der Waals surface area (Å²) in [6.07, 6.45) is 0.528. The summed E-state index contributed by atoms with van der Waals surface area (Å²) < 4.78 is 0. The van der Waals surface area contributed by atoms with Crippen LogP contribution in [0.1, 0.15) is 22.4 Å². The minimum atomic E-state index is -0.266. The maximum atomic E-state index is 12.7. The average molecular weight is 409 g/mol. The van der Waals surface area contributed by atoms with Gasteiger partial charge in [0.15, 0.2) is 0 Å². The van der Waals surface area contributed by atoms with Crippen molar-refractivity contribution >= 4 is 23.3 Å². The molecule has 0 aliphatic carbocycles. The zero-order valence-corrected chi connectivity index (χ0v) is 17.0. The van der Waals surface area contributed by atoms with Gasteiger partial charge in [-0.05, 0) is 31.5 Å². The summed E-state index contributed by atoms with van der Waals surface area (Å²) in [6, 6.07) is 13.0. The Labute approximate surface area is 173 Å². The lowest BCUT2D eigenvalue weighted by Gasteiger charge is -2.28. The number of benzene rings is 2. The van der Waals surface area contributed by atoms with Crippen molar-refractivity contribution in [1.29, 1.82) is 0 Å². The van der Waals surface area contributed by atoms with Gasteiger partial charge >= 0.3 is 6.03 Å². The van der Waals surface area contributed by atoms with Gasteiger partial charge < -0.3 is 15.2 Å². The van der Waals surface area contributed by atoms with Crippen molar-refractivity contribution in [1.82, 2.24) is 14.9 Å². The minimum absolute atomic E-state index is 0.207. The number of amides is 2. The zero-order chi connectivity index (χ0) is 20.5. The molecule has 2 heterocycles. The molecule has 4 rings (SSSR count). The van der Waals surface area contributed by atoms with E-state index >= 15 is 0 Å². The number of halogens is 1. The Kier molecular flexibility index (Phi) is 5.11. The summed E-state index contributed by atoms with van der Waals surface area (Å²) in [4.78, 5) is 34.4. The normalized spacial score (nSPS) is 13.1. The fourth-order valence-corrected chi connectivity index (χ4v) is 3.50.